The maximum absolute atomic E-state index is 15.7. The van der Waals surface area contributed by atoms with Gasteiger partial charge in [0.1, 0.15) is 12.4 Å². The fourth-order valence-corrected chi connectivity index (χ4v) is 5.57. The molecule has 0 radical (unpaired) electrons. The van der Waals surface area contributed by atoms with Gasteiger partial charge in [-0.1, -0.05) is 0 Å². The summed E-state index contributed by atoms with van der Waals surface area (Å²) in [6.45, 7) is 1.71. The lowest BCUT2D eigenvalue weighted by Gasteiger charge is -2.43. The lowest BCUT2D eigenvalue weighted by Crippen LogP contribution is -2.49. The van der Waals surface area contributed by atoms with E-state index in [1.165, 1.54) is 17.2 Å². The van der Waals surface area contributed by atoms with Crippen molar-refractivity contribution in [3.8, 4) is 11.5 Å². The topological polar surface area (TPSA) is 70.1 Å². The van der Waals surface area contributed by atoms with Crippen LogP contribution in [0.3, 0.4) is 0 Å². The Morgan fingerprint density at radius 2 is 2.00 bits per heavy atom. The Kier molecular flexibility index (Phi) is 7.46. The molecule has 0 aliphatic carbocycles. The maximum atomic E-state index is 15.7. The third-order valence-corrected chi connectivity index (χ3v) is 7.37. The van der Waals surface area contributed by atoms with E-state index in [1.807, 2.05) is 6.07 Å². The van der Waals surface area contributed by atoms with E-state index in [9.17, 15) is 18.3 Å². The van der Waals surface area contributed by atoms with Crippen molar-refractivity contribution >= 4 is 5.69 Å². The Labute approximate surface area is 213 Å². The molecule has 0 saturated carbocycles. The van der Waals surface area contributed by atoms with Gasteiger partial charge in [-0.15, -0.1) is 0 Å². The molecule has 4 heterocycles. The van der Waals surface area contributed by atoms with Crippen molar-refractivity contribution in [1.29, 1.82) is 0 Å². The molecule has 0 bridgehead atoms. The summed E-state index contributed by atoms with van der Waals surface area (Å²) in [7, 11) is 0. The molecule has 2 N–H and O–H groups in total. The number of hydrogen-bond donors (Lipinski definition) is 2. The smallest absolute Gasteiger partial charge is 0.283 e. The van der Waals surface area contributed by atoms with Gasteiger partial charge in [-0.2, -0.15) is 0 Å². The first-order valence-corrected chi connectivity index (χ1v) is 12.6. The molecule has 3 atom stereocenters. The molecule has 202 valence electrons. The Morgan fingerprint density at radius 1 is 1.22 bits per heavy atom. The molecule has 0 spiro atoms. The van der Waals surface area contributed by atoms with E-state index in [-0.39, 0.29) is 31.2 Å². The van der Waals surface area contributed by atoms with Crippen LogP contribution in [0.15, 0.2) is 24.4 Å². The van der Waals surface area contributed by atoms with Crippen LogP contribution in [-0.2, 0) is 6.42 Å². The van der Waals surface area contributed by atoms with Gasteiger partial charge in [-0.25, -0.2) is 13.2 Å². The van der Waals surface area contributed by atoms with E-state index in [2.05, 4.69) is 15.2 Å². The van der Waals surface area contributed by atoms with Crippen LogP contribution in [0.1, 0.15) is 42.6 Å². The number of halogens is 4. The first kappa shape index (κ1) is 26.0. The Bertz CT molecular complexity index is 1120. The summed E-state index contributed by atoms with van der Waals surface area (Å²) in [5.74, 6) is -2.93. The van der Waals surface area contributed by atoms with Gasteiger partial charge in [0.05, 0.1) is 36.8 Å². The minimum Gasteiger partial charge on any atom is -0.454 e. The van der Waals surface area contributed by atoms with E-state index >= 15 is 4.39 Å². The second-order valence-electron chi connectivity index (χ2n) is 10.1. The van der Waals surface area contributed by atoms with Crippen molar-refractivity contribution in [3.05, 3.63) is 47.0 Å². The number of aliphatic hydroxyl groups is 1. The van der Waals surface area contributed by atoms with E-state index in [4.69, 9.17) is 9.47 Å². The number of likely N-dealkylation sites (tertiary alicyclic amines) is 1. The molecule has 0 amide bonds. The standard InChI is InChI=1S/C26H32F4N4O3/c1-16-7-17-8-22-23(37-15-36-22)10-20(17)25(34(16)13-26(29,30)14-35)24-21(28)9-19(11-31-24)32-18-3-6-33(12-18)5-2-4-27/h8-11,16,18,25,32,35H,2-7,12-15H2,1H3/t16-,18?,25+/m1/s1. The van der Waals surface area contributed by atoms with E-state index in [0.29, 0.717) is 42.1 Å². The molecular formula is C26H32F4N4O3. The molecule has 3 aliphatic heterocycles. The number of nitrogens with one attached hydrogen (secondary N) is 1. The minimum absolute atomic E-state index is 0.0296. The predicted octanol–water partition coefficient (Wildman–Crippen LogP) is 3.76. The molecular weight excluding hydrogens is 492 g/mol. The first-order valence-electron chi connectivity index (χ1n) is 12.6. The van der Waals surface area contributed by atoms with Crippen LogP contribution in [0, 0.1) is 5.82 Å². The van der Waals surface area contributed by atoms with Crippen LogP contribution >= 0.6 is 0 Å². The van der Waals surface area contributed by atoms with Gasteiger partial charge >= 0.3 is 0 Å². The summed E-state index contributed by atoms with van der Waals surface area (Å²) in [6.07, 6.45) is 3.31. The van der Waals surface area contributed by atoms with Crippen molar-refractivity contribution < 1.29 is 32.1 Å². The summed E-state index contributed by atoms with van der Waals surface area (Å²) in [4.78, 5) is 8.09. The van der Waals surface area contributed by atoms with Crippen molar-refractivity contribution in [2.45, 2.75) is 50.2 Å². The van der Waals surface area contributed by atoms with Gasteiger partial charge in [0, 0.05) is 37.8 Å². The second kappa shape index (κ2) is 10.6. The Morgan fingerprint density at radius 3 is 2.73 bits per heavy atom. The quantitative estimate of drug-likeness (QED) is 0.484. The van der Waals surface area contributed by atoms with Crippen LogP contribution < -0.4 is 14.8 Å². The molecule has 37 heavy (non-hydrogen) atoms. The number of pyridine rings is 1. The number of hydrogen-bond acceptors (Lipinski definition) is 7. The van der Waals surface area contributed by atoms with Gasteiger partial charge in [0.25, 0.3) is 5.92 Å². The molecule has 1 aromatic heterocycles. The second-order valence-corrected chi connectivity index (χ2v) is 10.1. The van der Waals surface area contributed by atoms with Gasteiger partial charge < -0.3 is 24.8 Å². The maximum Gasteiger partial charge on any atom is 0.283 e. The molecule has 1 saturated heterocycles. The van der Waals surface area contributed by atoms with Crippen LogP contribution in [0.4, 0.5) is 23.2 Å². The SMILES string of the molecule is C[C@@H]1Cc2cc3c(cc2[C@@H](c2ncc(NC4CCN(CCCF)C4)cc2F)N1CC(F)(F)CO)OCO3. The number of alkyl halides is 3. The van der Waals surface area contributed by atoms with E-state index in [0.717, 1.165) is 25.1 Å². The highest BCUT2D eigenvalue weighted by atomic mass is 19.3. The molecule has 1 fully saturated rings. The molecule has 5 rings (SSSR count). The molecule has 7 nitrogen and oxygen atoms in total. The lowest BCUT2D eigenvalue weighted by molar-refractivity contribution is -0.0867. The zero-order valence-electron chi connectivity index (χ0n) is 20.7. The molecule has 3 aliphatic rings. The molecule has 1 unspecified atom stereocenters. The van der Waals surface area contributed by atoms with Gasteiger partial charge in [0.2, 0.25) is 6.79 Å². The van der Waals surface area contributed by atoms with Crippen LogP contribution in [0.25, 0.3) is 0 Å². The van der Waals surface area contributed by atoms with Gasteiger partial charge in [-0.05, 0) is 49.4 Å². The number of rotatable bonds is 9. The number of ether oxygens (including phenoxy) is 2. The fraction of sp³-hybridized carbons (Fsp3) is 0.577. The average molecular weight is 525 g/mol. The van der Waals surface area contributed by atoms with Gasteiger partial charge in [-0.3, -0.25) is 14.3 Å². The van der Waals surface area contributed by atoms with E-state index in [1.54, 1.807) is 13.0 Å². The summed E-state index contributed by atoms with van der Waals surface area (Å²) in [5, 5.41) is 12.5. The fourth-order valence-electron chi connectivity index (χ4n) is 5.57. The normalized spacial score (nSPS) is 23.9. The number of benzene rings is 1. The van der Waals surface area contributed by atoms with Crippen molar-refractivity contribution in [2.75, 3.05) is 51.6 Å². The summed E-state index contributed by atoms with van der Waals surface area (Å²) in [5.41, 5.74) is 2.01. The Balaban J connectivity index is 1.44. The first-order chi connectivity index (χ1) is 17.8. The number of aromatic nitrogens is 1. The van der Waals surface area contributed by atoms with Crippen molar-refractivity contribution in [3.63, 3.8) is 0 Å². The number of anilines is 1. The monoisotopic (exact) mass is 524 g/mol. The van der Waals surface area contributed by atoms with Crippen molar-refractivity contribution in [2.24, 2.45) is 0 Å². The molecule has 2 aromatic rings. The highest BCUT2D eigenvalue weighted by Crippen LogP contribution is 2.45. The minimum atomic E-state index is -3.37. The summed E-state index contributed by atoms with van der Waals surface area (Å²) < 4.78 is 68.0. The highest BCUT2D eigenvalue weighted by molar-refractivity contribution is 5.53. The highest BCUT2D eigenvalue weighted by Gasteiger charge is 2.42. The van der Waals surface area contributed by atoms with Crippen LogP contribution in [0.2, 0.25) is 0 Å². The third-order valence-electron chi connectivity index (χ3n) is 7.37. The number of nitrogens with zero attached hydrogens (tertiary/aromatic N) is 3. The van der Waals surface area contributed by atoms with Crippen LogP contribution in [-0.4, -0.2) is 84.1 Å². The summed E-state index contributed by atoms with van der Waals surface area (Å²) in [6, 6.07) is 3.70. The Hall–Kier alpha value is -2.63. The zero-order chi connectivity index (χ0) is 26.2. The third kappa shape index (κ3) is 5.49. The zero-order valence-corrected chi connectivity index (χ0v) is 20.7. The van der Waals surface area contributed by atoms with Crippen molar-refractivity contribution in [1.82, 2.24) is 14.8 Å². The predicted molar refractivity (Wildman–Crippen MR) is 130 cm³/mol. The number of aliphatic hydroxyl groups excluding tert-OH is 1. The average Bonchev–Trinajstić information content (AvgIpc) is 3.51. The van der Waals surface area contributed by atoms with Gasteiger partial charge in [0.15, 0.2) is 11.5 Å². The van der Waals surface area contributed by atoms with Crippen LogP contribution in [0.5, 0.6) is 11.5 Å². The van der Waals surface area contributed by atoms with E-state index < -0.39 is 30.9 Å². The molecule has 11 heteroatoms. The number of fused-ring (bicyclic) bond motifs is 2. The summed E-state index contributed by atoms with van der Waals surface area (Å²) >= 11 is 0. The molecule has 1 aromatic carbocycles. The lowest BCUT2D eigenvalue weighted by atomic mass is 9.86. The largest absolute Gasteiger partial charge is 0.454 e.